The average Bonchev–Trinajstić information content (AvgIpc) is 3.03. The molecule has 276 valence electrons. The summed E-state index contributed by atoms with van der Waals surface area (Å²) < 4.78 is 25.3. The Balaban J connectivity index is 1.55. The van der Waals surface area contributed by atoms with Gasteiger partial charge in [0, 0.05) is 58.1 Å². The van der Waals surface area contributed by atoms with Gasteiger partial charge < -0.3 is 38.8 Å². The second-order valence-electron chi connectivity index (χ2n) is 15.9. The van der Waals surface area contributed by atoms with E-state index in [1.54, 1.807) is 21.0 Å². The number of likely N-dealkylation sites (tertiary alicyclic amines) is 2. The lowest BCUT2D eigenvalue weighted by atomic mass is 9.78. The Kier molecular flexibility index (Phi) is 13.5. The van der Waals surface area contributed by atoms with E-state index in [0.29, 0.717) is 58.4 Å². The van der Waals surface area contributed by atoms with Crippen LogP contribution in [-0.4, -0.2) is 158 Å². The van der Waals surface area contributed by atoms with E-state index >= 15 is 0 Å². The van der Waals surface area contributed by atoms with E-state index in [-0.39, 0.29) is 29.8 Å². The summed E-state index contributed by atoms with van der Waals surface area (Å²) in [5.41, 5.74) is -1.74. The molecule has 1 unspecified atom stereocenters. The van der Waals surface area contributed by atoms with Crippen LogP contribution in [0.2, 0.25) is 0 Å². The maximum atomic E-state index is 14.2. The van der Waals surface area contributed by atoms with Crippen LogP contribution in [0, 0.1) is 17.8 Å². The van der Waals surface area contributed by atoms with Gasteiger partial charge in [-0.05, 0) is 86.6 Å². The Morgan fingerprint density at radius 1 is 1.04 bits per heavy atom. The molecule has 48 heavy (non-hydrogen) atoms. The smallest absolute Gasteiger partial charge is 0.316 e. The summed E-state index contributed by atoms with van der Waals surface area (Å²) in [6.07, 6.45) is 2.86. The van der Waals surface area contributed by atoms with Crippen molar-refractivity contribution in [3.05, 3.63) is 0 Å². The van der Waals surface area contributed by atoms with E-state index in [1.807, 2.05) is 44.8 Å². The molecule has 0 aromatic carbocycles. The zero-order valence-electron chi connectivity index (χ0n) is 31.1. The van der Waals surface area contributed by atoms with Crippen molar-refractivity contribution in [3.8, 4) is 0 Å². The predicted molar refractivity (Wildman–Crippen MR) is 182 cm³/mol. The Morgan fingerprint density at radius 2 is 1.69 bits per heavy atom. The monoisotopic (exact) mass is 680 g/mol. The Hall–Kier alpha value is -1.67. The minimum Gasteiger partial charge on any atom is -0.457 e. The molecule has 9 atom stereocenters. The van der Waals surface area contributed by atoms with Gasteiger partial charge in [-0.25, -0.2) is 0 Å². The molecule has 0 radical (unpaired) electrons. The van der Waals surface area contributed by atoms with Crippen LogP contribution in [0.4, 0.5) is 0 Å². The van der Waals surface area contributed by atoms with Crippen LogP contribution in [-0.2, 0) is 33.3 Å². The van der Waals surface area contributed by atoms with Gasteiger partial charge >= 0.3 is 5.97 Å². The topological polar surface area (TPSA) is 121 Å². The van der Waals surface area contributed by atoms with Gasteiger partial charge in [0.1, 0.15) is 17.6 Å². The van der Waals surface area contributed by atoms with Gasteiger partial charge in [-0.15, -0.1) is 0 Å². The van der Waals surface area contributed by atoms with E-state index in [2.05, 4.69) is 16.7 Å². The zero-order valence-corrected chi connectivity index (χ0v) is 31.1. The molecule has 12 nitrogen and oxygen atoms in total. The van der Waals surface area contributed by atoms with E-state index in [4.69, 9.17) is 18.9 Å². The molecule has 4 saturated heterocycles. The van der Waals surface area contributed by atoms with Crippen LogP contribution in [0.25, 0.3) is 0 Å². The molecule has 4 rings (SSSR count). The first kappa shape index (κ1) is 39.1. The quantitative estimate of drug-likeness (QED) is 0.329. The number of methoxy groups -OCH3 is 1. The summed E-state index contributed by atoms with van der Waals surface area (Å²) in [6, 6.07) is -0.183. The fraction of sp³-hybridized carbons (Fsp3) is 0.917. The number of esters is 1. The van der Waals surface area contributed by atoms with Crippen LogP contribution < -0.4 is 0 Å². The first-order valence-electron chi connectivity index (χ1n) is 18.2. The number of aliphatic hydroxyl groups is 1. The molecule has 0 saturated carbocycles. The van der Waals surface area contributed by atoms with Gasteiger partial charge in [-0.2, -0.15) is 0 Å². The molecule has 1 amide bonds. The normalized spacial score (nSPS) is 38.3. The highest BCUT2D eigenvalue weighted by Crippen LogP contribution is 2.37. The molecule has 4 fully saturated rings. The predicted octanol–water partition coefficient (Wildman–Crippen LogP) is 2.41. The zero-order chi connectivity index (χ0) is 35.4. The Bertz CT molecular complexity index is 1090. The van der Waals surface area contributed by atoms with Crippen LogP contribution in [0.15, 0.2) is 0 Å². The highest BCUT2D eigenvalue weighted by Gasteiger charge is 2.50. The Morgan fingerprint density at radius 3 is 2.29 bits per heavy atom. The van der Waals surface area contributed by atoms with Gasteiger partial charge in [-0.1, -0.05) is 20.3 Å². The minimum atomic E-state index is -1.04. The number of rotatable bonds is 6. The fourth-order valence-corrected chi connectivity index (χ4v) is 8.58. The molecule has 4 heterocycles. The molecular formula is C36H64N4O8. The number of hydrogen-bond donors (Lipinski definition) is 1. The van der Waals surface area contributed by atoms with Gasteiger partial charge in [0.2, 0.25) is 5.91 Å². The maximum Gasteiger partial charge on any atom is 0.316 e. The van der Waals surface area contributed by atoms with Crippen molar-refractivity contribution in [3.63, 3.8) is 0 Å². The van der Waals surface area contributed by atoms with Crippen molar-refractivity contribution in [1.29, 1.82) is 0 Å². The van der Waals surface area contributed by atoms with Crippen molar-refractivity contribution in [2.24, 2.45) is 17.8 Å². The summed E-state index contributed by atoms with van der Waals surface area (Å²) in [4.78, 5) is 49.5. The number of likely N-dealkylation sites (N-methyl/N-ethyl adjacent to an activating group) is 2. The van der Waals surface area contributed by atoms with Crippen molar-refractivity contribution in [1.82, 2.24) is 19.6 Å². The molecule has 0 bridgehead atoms. The van der Waals surface area contributed by atoms with Crippen molar-refractivity contribution in [2.75, 3.05) is 74.1 Å². The molecule has 0 aliphatic carbocycles. The third-order valence-electron chi connectivity index (χ3n) is 11.4. The van der Waals surface area contributed by atoms with Crippen molar-refractivity contribution < 1.29 is 38.4 Å². The fourth-order valence-electron chi connectivity index (χ4n) is 8.58. The molecule has 0 aromatic heterocycles. The van der Waals surface area contributed by atoms with Gasteiger partial charge in [0.25, 0.3) is 0 Å². The van der Waals surface area contributed by atoms with Crippen LogP contribution in [0.3, 0.4) is 0 Å². The number of aliphatic hydroxyl groups excluding tert-OH is 1. The second kappa shape index (κ2) is 16.6. The van der Waals surface area contributed by atoms with E-state index in [1.165, 1.54) is 6.42 Å². The number of nitrogens with zero attached hydrogens (tertiary/aromatic N) is 4. The van der Waals surface area contributed by atoms with E-state index < -0.39 is 47.5 Å². The summed E-state index contributed by atoms with van der Waals surface area (Å²) in [6.45, 7) is 14.0. The number of ketones is 1. The third kappa shape index (κ3) is 9.35. The summed E-state index contributed by atoms with van der Waals surface area (Å²) in [5, 5.41) is 11.3. The highest BCUT2D eigenvalue weighted by molar-refractivity contribution is 6.00. The Labute approximate surface area is 288 Å². The standard InChI is InChI=1S/C36H64N4O8/c1-24-20-35(5,45-9)32(47-34-31(43)28(37(6)7)19-25(2)46-34)26(3)30(42)27(4)33(44)48-36(23-38(8)21-24)13-17-40(18-14-36)29(41)22-39-15-11-10-12-16-39/h24-28,31-32,34,43H,10-23H2,1-9H3/t24-,25-,26?,27-,28+,31-,32-,34+,35-/m1/s1. The number of carbonyl (C=O) groups is 3. The lowest BCUT2D eigenvalue weighted by Crippen LogP contribution is -2.59. The van der Waals surface area contributed by atoms with Crippen LogP contribution in [0.5, 0.6) is 0 Å². The van der Waals surface area contributed by atoms with Gasteiger partial charge in [0.15, 0.2) is 12.1 Å². The third-order valence-corrected chi connectivity index (χ3v) is 11.4. The molecule has 4 aliphatic rings. The second-order valence-corrected chi connectivity index (χ2v) is 15.9. The molecular weight excluding hydrogens is 616 g/mol. The maximum absolute atomic E-state index is 14.2. The van der Waals surface area contributed by atoms with Crippen LogP contribution in [0.1, 0.15) is 79.6 Å². The molecule has 0 aromatic rings. The SMILES string of the molecule is CO[C@]1(C)C[C@@H](C)CN(C)CC2(CCN(C(=O)CN3CCCCC3)CC2)OC(=O)[C@H](C)C(=O)C(C)[C@H]1O[C@@H]1O[C@H](C)C[C@H](N(C)C)[C@H]1O. The number of ether oxygens (including phenoxy) is 4. The summed E-state index contributed by atoms with van der Waals surface area (Å²) >= 11 is 0. The van der Waals surface area contributed by atoms with Crippen molar-refractivity contribution in [2.45, 2.75) is 121 Å². The largest absolute Gasteiger partial charge is 0.457 e. The summed E-state index contributed by atoms with van der Waals surface area (Å²) in [7, 11) is 7.49. The van der Waals surface area contributed by atoms with Gasteiger partial charge in [-0.3, -0.25) is 19.3 Å². The molecule has 1 spiro atoms. The number of amides is 1. The van der Waals surface area contributed by atoms with E-state index in [9.17, 15) is 19.5 Å². The van der Waals surface area contributed by atoms with Crippen molar-refractivity contribution >= 4 is 17.7 Å². The lowest BCUT2D eigenvalue weighted by Gasteiger charge is -2.46. The molecule has 1 N–H and O–H groups in total. The highest BCUT2D eigenvalue weighted by atomic mass is 16.7. The summed E-state index contributed by atoms with van der Waals surface area (Å²) in [5.74, 6) is -2.42. The first-order valence-corrected chi connectivity index (χ1v) is 18.2. The number of hydrogen-bond acceptors (Lipinski definition) is 11. The average molecular weight is 681 g/mol. The number of carbonyl (C=O) groups excluding carboxylic acids is 3. The van der Waals surface area contributed by atoms with Crippen LogP contribution >= 0.6 is 0 Å². The lowest BCUT2D eigenvalue weighted by molar-refractivity contribution is -0.295. The molecule has 12 heteroatoms. The minimum absolute atomic E-state index is 0.121. The number of Topliss-reactive ketones (excluding diaryl/α,β-unsaturated/α-hetero) is 1. The molecule has 4 aliphatic heterocycles. The number of piperidine rings is 2. The first-order chi connectivity index (χ1) is 22.6. The van der Waals surface area contributed by atoms with Gasteiger partial charge in [0.05, 0.1) is 24.4 Å². The van der Waals surface area contributed by atoms with E-state index in [0.717, 1.165) is 25.9 Å².